The lowest BCUT2D eigenvalue weighted by Crippen LogP contribution is -2.37. The van der Waals surface area contributed by atoms with E-state index in [1.54, 1.807) is 38.1 Å². The molecule has 1 unspecified atom stereocenters. The first kappa shape index (κ1) is 32.7. The number of carbonyl (C=O) groups is 1. The van der Waals surface area contributed by atoms with Crippen LogP contribution in [0.25, 0.3) is 11.1 Å². The lowest BCUT2D eigenvalue weighted by molar-refractivity contribution is -0.141. The van der Waals surface area contributed by atoms with Crippen LogP contribution in [0.4, 0.5) is 13.2 Å². The molecule has 2 aliphatic rings. The monoisotopic (exact) mass is 646 g/mol. The fourth-order valence-corrected chi connectivity index (χ4v) is 6.22. The molecule has 1 heterocycles. The van der Waals surface area contributed by atoms with Crippen LogP contribution in [-0.2, 0) is 32.0 Å². The van der Waals surface area contributed by atoms with Crippen molar-refractivity contribution in [3.63, 3.8) is 0 Å². The second-order valence-corrected chi connectivity index (χ2v) is 15.1. The average molecular weight is 647 g/mol. The SMILES string of the molecule is COC(=O)CC1COc2cc(O[C@@H]3CCc4c(-c5c(C)cc(OCC(C)(C)S(C)(=O)=O)cc5C)cc(C(F)(F)F)cc43)ccc21. The van der Waals surface area contributed by atoms with Gasteiger partial charge in [0, 0.05) is 23.8 Å². The number of alkyl halides is 3. The summed E-state index contributed by atoms with van der Waals surface area (Å²) in [5, 5.41) is 0. The van der Waals surface area contributed by atoms with Crippen LogP contribution < -0.4 is 14.2 Å². The van der Waals surface area contributed by atoms with Gasteiger partial charge in [-0.3, -0.25) is 4.79 Å². The summed E-state index contributed by atoms with van der Waals surface area (Å²) in [5.41, 5.74) is 3.97. The van der Waals surface area contributed by atoms with Crippen LogP contribution in [0.1, 0.15) is 72.1 Å². The zero-order chi connectivity index (χ0) is 32.9. The topological polar surface area (TPSA) is 88.1 Å². The minimum atomic E-state index is -4.57. The molecule has 0 radical (unpaired) electrons. The summed E-state index contributed by atoms with van der Waals surface area (Å²) in [6.45, 7) is 7.05. The van der Waals surface area contributed by atoms with Crippen molar-refractivity contribution in [2.45, 2.75) is 69.9 Å². The standard InChI is InChI=1S/C34H37F3O7S/c1-19-11-24(43-18-33(3,4)45(6,39)40)12-20(2)32(19)28-15-22(34(35,36)37)14-27-26(28)9-10-29(27)44-23-7-8-25-21(13-31(38)41-5)17-42-30(25)16-23/h7-8,11-12,14-16,21,29H,9-10,13,17-18H2,1-6H3/t21?,29-/m1/s1. The third-order valence-corrected chi connectivity index (χ3v) is 10.9. The van der Waals surface area contributed by atoms with E-state index in [0.29, 0.717) is 64.5 Å². The number of carbonyl (C=O) groups excluding carboxylic acids is 1. The fourth-order valence-electron chi connectivity index (χ4n) is 5.94. The van der Waals surface area contributed by atoms with E-state index < -0.39 is 32.4 Å². The summed E-state index contributed by atoms with van der Waals surface area (Å²) in [7, 11) is -2.04. The molecule has 0 spiro atoms. The van der Waals surface area contributed by atoms with Crippen LogP contribution in [0.15, 0.2) is 42.5 Å². The molecule has 1 aliphatic heterocycles. The van der Waals surface area contributed by atoms with E-state index in [1.807, 2.05) is 19.9 Å². The molecule has 0 saturated heterocycles. The third-order valence-electron chi connectivity index (χ3n) is 8.76. The molecule has 242 valence electrons. The molecule has 5 rings (SSSR count). The summed E-state index contributed by atoms with van der Waals surface area (Å²) in [6, 6.07) is 11.1. The molecule has 11 heteroatoms. The maximum absolute atomic E-state index is 14.2. The van der Waals surface area contributed by atoms with Crippen molar-refractivity contribution in [1.82, 2.24) is 0 Å². The normalized spacial score (nSPS) is 17.8. The first-order chi connectivity index (χ1) is 21.0. The Balaban J connectivity index is 1.46. The number of methoxy groups -OCH3 is 1. The second-order valence-electron chi connectivity index (χ2n) is 12.5. The highest BCUT2D eigenvalue weighted by atomic mass is 32.2. The summed E-state index contributed by atoms with van der Waals surface area (Å²) in [4.78, 5) is 11.8. The molecule has 0 N–H and O–H groups in total. The number of aryl methyl sites for hydroxylation is 2. The van der Waals surface area contributed by atoms with Crippen molar-refractivity contribution in [2.75, 3.05) is 26.6 Å². The summed E-state index contributed by atoms with van der Waals surface area (Å²) >= 11 is 0. The molecular weight excluding hydrogens is 609 g/mol. The molecule has 0 fully saturated rings. The number of benzene rings is 3. The predicted octanol–water partition coefficient (Wildman–Crippen LogP) is 7.30. The molecular formula is C34H37F3O7S. The molecule has 0 saturated carbocycles. The Morgan fingerprint density at radius 3 is 2.31 bits per heavy atom. The van der Waals surface area contributed by atoms with Crippen molar-refractivity contribution < 1.29 is 45.3 Å². The highest BCUT2D eigenvalue weighted by Crippen LogP contribution is 2.47. The van der Waals surface area contributed by atoms with Gasteiger partial charge in [0.1, 0.15) is 34.7 Å². The molecule has 45 heavy (non-hydrogen) atoms. The average Bonchev–Trinajstić information content (AvgIpc) is 3.54. The van der Waals surface area contributed by atoms with Crippen molar-refractivity contribution in [1.29, 1.82) is 0 Å². The minimum absolute atomic E-state index is 0.0678. The number of ether oxygens (including phenoxy) is 4. The molecule has 1 aliphatic carbocycles. The minimum Gasteiger partial charge on any atom is -0.492 e. The van der Waals surface area contributed by atoms with Gasteiger partial charge < -0.3 is 18.9 Å². The molecule has 0 bridgehead atoms. The van der Waals surface area contributed by atoms with E-state index >= 15 is 0 Å². The van der Waals surface area contributed by atoms with Gasteiger partial charge >= 0.3 is 12.1 Å². The van der Waals surface area contributed by atoms with E-state index in [1.165, 1.54) is 19.2 Å². The Morgan fingerprint density at radius 1 is 1.00 bits per heavy atom. The Hall–Kier alpha value is -3.73. The van der Waals surface area contributed by atoms with Crippen molar-refractivity contribution >= 4 is 15.8 Å². The van der Waals surface area contributed by atoms with Gasteiger partial charge in [0.05, 0.1) is 25.7 Å². The number of fused-ring (bicyclic) bond motifs is 2. The lowest BCUT2D eigenvalue weighted by Gasteiger charge is -2.24. The van der Waals surface area contributed by atoms with E-state index in [9.17, 15) is 26.4 Å². The van der Waals surface area contributed by atoms with Crippen LogP contribution in [0.5, 0.6) is 17.2 Å². The smallest absolute Gasteiger partial charge is 0.416 e. The van der Waals surface area contributed by atoms with E-state index in [4.69, 9.17) is 18.9 Å². The van der Waals surface area contributed by atoms with Crippen molar-refractivity contribution in [3.05, 3.63) is 75.8 Å². The van der Waals surface area contributed by atoms with Crippen LogP contribution in [-0.4, -0.2) is 45.7 Å². The van der Waals surface area contributed by atoms with Crippen LogP contribution in [0, 0.1) is 13.8 Å². The maximum atomic E-state index is 14.2. The van der Waals surface area contributed by atoms with Crippen molar-refractivity contribution in [2.24, 2.45) is 0 Å². The Kier molecular flexibility index (Phi) is 8.63. The maximum Gasteiger partial charge on any atom is 0.416 e. The number of hydrogen-bond donors (Lipinski definition) is 0. The van der Waals surface area contributed by atoms with Gasteiger partial charge in [-0.1, -0.05) is 6.07 Å². The van der Waals surface area contributed by atoms with Crippen LogP contribution in [0.2, 0.25) is 0 Å². The van der Waals surface area contributed by atoms with Gasteiger partial charge in [0.15, 0.2) is 9.84 Å². The van der Waals surface area contributed by atoms with Crippen molar-refractivity contribution in [3.8, 4) is 28.4 Å². The van der Waals surface area contributed by atoms with Gasteiger partial charge in [0.2, 0.25) is 0 Å². The first-order valence-electron chi connectivity index (χ1n) is 14.7. The summed E-state index contributed by atoms with van der Waals surface area (Å²) in [6.07, 6.45) is -2.82. The Bertz CT molecular complexity index is 1720. The highest BCUT2D eigenvalue weighted by Gasteiger charge is 2.37. The van der Waals surface area contributed by atoms with Gasteiger partial charge in [-0.05, 0) is 104 Å². The predicted molar refractivity (Wildman–Crippen MR) is 164 cm³/mol. The van der Waals surface area contributed by atoms with Gasteiger partial charge in [-0.25, -0.2) is 8.42 Å². The quantitative estimate of drug-likeness (QED) is 0.226. The number of hydrogen-bond acceptors (Lipinski definition) is 7. The number of halogens is 3. The fraction of sp³-hybridized carbons (Fsp3) is 0.441. The lowest BCUT2D eigenvalue weighted by atomic mass is 9.88. The Morgan fingerprint density at radius 2 is 1.69 bits per heavy atom. The van der Waals surface area contributed by atoms with Gasteiger partial charge in [-0.15, -0.1) is 0 Å². The van der Waals surface area contributed by atoms with Gasteiger partial charge in [-0.2, -0.15) is 13.2 Å². The molecule has 3 aromatic rings. The van der Waals surface area contributed by atoms with Crippen LogP contribution >= 0.6 is 0 Å². The molecule has 0 aromatic heterocycles. The Labute approximate surface area is 261 Å². The zero-order valence-electron chi connectivity index (χ0n) is 26.1. The molecule has 3 aromatic carbocycles. The first-order valence-corrected chi connectivity index (χ1v) is 16.6. The van der Waals surface area contributed by atoms with Gasteiger partial charge in [0.25, 0.3) is 0 Å². The van der Waals surface area contributed by atoms with E-state index in [2.05, 4.69) is 0 Å². The zero-order valence-corrected chi connectivity index (χ0v) is 26.9. The van der Waals surface area contributed by atoms with E-state index in [0.717, 1.165) is 17.4 Å². The number of sulfone groups is 1. The molecule has 0 amide bonds. The number of esters is 1. The second kappa shape index (κ2) is 11.9. The summed E-state index contributed by atoms with van der Waals surface area (Å²) in [5.74, 6) is 1.02. The largest absolute Gasteiger partial charge is 0.492 e. The number of rotatable bonds is 9. The van der Waals surface area contributed by atoms with E-state index in [-0.39, 0.29) is 24.9 Å². The molecule has 7 nitrogen and oxygen atoms in total. The molecule has 2 atom stereocenters. The third kappa shape index (κ3) is 6.64. The highest BCUT2D eigenvalue weighted by molar-refractivity contribution is 7.92. The van der Waals surface area contributed by atoms with Crippen LogP contribution in [0.3, 0.4) is 0 Å². The summed E-state index contributed by atoms with van der Waals surface area (Å²) < 4.78 is 88.5.